The molecule has 2 heterocycles. The van der Waals surface area contributed by atoms with Crippen LogP contribution < -0.4 is 10.1 Å². The molecule has 30 heavy (non-hydrogen) atoms. The first kappa shape index (κ1) is 20.2. The number of nitrogens with zero attached hydrogens (tertiary/aromatic N) is 3. The van der Waals surface area contributed by atoms with Gasteiger partial charge in [0.15, 0.2) is 0 Å². The summed E-state index contributed by atoms with van der Waals surface area (Å²) in [6, 6.07) is 11.8. The van der Waals surface area contributed by atoms with Crippen LogP contribution in [-0.4, -0.2) is 81.2 Å². The molecule has 2 aliphatic heterocycles. The van der Waals surface area contributed by atoms with Crippen LogP contribution in [0.4, 0.5) is 0 Å². The third-order valence-electron chi connectivity index (χ3n) is 6.84. The van der Waals surface area contributed by atoms with Crippen LogP contribution in [0, 0.1) is 0 Å². The molecule has 3 fully saturated rings. The van der Waals surface area contributed by atoms with Gasteiger partial charge in [0.05, 0.1) is 12.0 Å². The molecule has 3 aliphatic rings. The number of hydrogen-bond donors (Lipinski definition) is 1. The Bertz CT molecular complexity index is 1020. The van der Waals surface area contributed by atoms with Crippen LogP contribution in [0.5, 0.6) is 5.75 Å². The summed E-state index contributed by atoms with van der Waals surface area (Å²) >= 11 is 0. The standard InChI is InChI=1S/C22H30N4O3S/c1-29-20-7-5-18-16-21(8-6-17(18)15-20)30(27,28)26-10-9-23-22(26)25-13-11-24(12-14-25)19-3-2-4-19/h5-8,15-16,19,22-23H,2-4,9-14H2,1H3. The zero-order valence-electron chi connectivity index (χ0n) is 17.5. The minimum atomic E-state index is -3.58. The lowest BCUT2D eigenvalue weighted by molar-refractivity contribution is 0.0170. The SMILES string of the molecule is COc1ccc2cc(S(=O)(=O)N3CCNC3N3CCN(C4CCC4)CC3)ccc2c1. The normalized spacial score (nSPS) is 24.9. The molecule has 1 atom stereocenters. The van der Waals surface area contributed by atoms with E-state index in [0.717, 1.165) is 48.7 Å². The van der Waals surface area contributed by atoms with Gasteiger partial charge in [0.25, 0.3) is 0 Å². The van der Waals surface area contributed by atoms with Gasteiger partial charge in [0.2, 0.25) is 10.0 Å². The van der Waals surface area contributed by atoms with E-state index in [0.29, 0.717) is 18.0 Å². The Hall–Kier alpha value is -1.71. The monoisotopic (exact) mass is 430 g/mol. The van der Waals surface area contributed by atoms with Crippen molar-refractivity contribution in [2.45, 2.75) is 36.5 Å². The highest BCUT2D eigenvalue weighted by Crippen LogP contribution is 2.29. The highest BCUT2D eigenvalue weighted by atomic mass is 32.2. The lowest BCUT2D eigenvalue weighted by Gasteiger charge is -2.45. The number of ether oxygens (including phenoxy) is 1. The minimum Gasteiger partial charge on any atom is -0.497 e. The van der Waals surface area contributed by atoms with E-state index in [9.17, 15) is 8.42 Å². The summed E-state index contributed by atoms with van der Waals surface area (Å²) in [5.74, 6) is 0.767. The Morgan fingerprint density at radius 1 is 0.933 bits per heavy atom. The van der Waals surface area contributed by atoms with Gasteiger partial charge in [-0.3, -0.25) is 15.1 Å². The fourth-order valence-corrected chi connectivity index (χ4v) is 6.40. The highest BCUT2D eigenvalue weighted by molar-refractivity contribution is 7.89. The van der Waals surface area contributed by atoms with Gasteiger partial charge in [0, 0.05) is 45.3 Å². The highest BCUT2D eigenvalue weighted by Gasteiger charge is 2.40. The van der Waals surface area contributed by atoms with Gasteiger partial charge in [0.1, 0.15) is 12.0 Å². The molecule has 7 nitrogen and oxygen atoms in total. The summed E-state index contributed by atoms with van der Waals surface area (Å²) in [6.45, 7) is 5.02. The predicted octanol–water partition coefficient (Wildman–Crippen LogP) is 1.90. The van der Waals surface area contributed by atoms with Gasteiger partial charge in [-0.2, -0.15) is 4.31 Å². The fraction of sp³-hybridized carbons (Fsp3) is 0.545. The van der Waals surface area contributed by atoms with Crippen LogP contribution in [0.25, 0.3) is 10.8 Å². The Labute approximate surface area is 178 Å². The number of hydrogen-bond acceptors (Lipinski definition) is 6. The van der Waals surface area contributed by atoms with E-state index in [-0.39, 0.29) is 6.29 Å². The van der Waals surface area contributed by atoms with Crippen molar-refractivity contribution in [3.05, 3.63) is 36.4 Å². The second-order valence-electron chi connectivity index (χ2n) is 8.48. The van der Waals surface area contributed by atoms with Gasteiger partial charge in [-0.25, -0.2) is 8.42 Å². The molecule has 162 valence electrons. The van der Waals surface area contributed by atoms with E-state index in [1.807, 2.05) is 24.3 Å². The van der Waals surface area contributed by atoms with E-state index < -0.39 is 10.0 Å². The van der Waals surface area contributed by atoms with Crippen LogP contribution in [0.15, 0.2) is 41.3 Å². The van der Waals surface area contributed by atoms with E-state index in [2.05, 4.69) is 15.1 Å². The number of fused-ring (bicyclic) bond motifs is 1. The lowest BCUT2D eigenvalue weighted by atomic mass is 9.91. The topological polar surface area (TPSA) is 65.1 Å². The van der Waals surface area contributed by atoms with Gasteiger partial charge in [-0.15, -0.1) is 0 Å². The molecule has 1 N–H and O–H groups in total. The Kier molecular flexibility index (Phi) is 5.45. The average Bonchev–Trinajstić information content (AvgIpc) is 3.23. The molecule has 2 aromatic rings. The summed E-state index contributed by atoms with van der Waals surface area (Å²) in [5.41, 5.74) is 0. The van der Waals surface area contributed by atoms with Crippen molar-refractivity contribution in [3.8, 4) is 5.75 Å². The van der Waals surface area contributed by atoms with E-state index >= 15 is 0 Å². The fourth-order valence-electron chi connectivity index (χ4n) is 4.81. The van der Waals surface area contributed by atoms with Crippen LogP contribution >= 0.6 is 0 Å². The molecule has 8 heteroatoms. The number of nitrogens with one attached hydrogen (secondary N) is 1. The zero-order chi connectivity index (χ0) is 20.7. The first-order valence-electron chi connectivity index (χ1n) is 10.9. The van der Waals surface area contributed by atoms with Crippen molar-refractivity contribution in [2.75, 3.05) is 46.4 Å². The molecule has 0 aromatic heterocycles. The largest absolute Gasteiger partial charge is 0.497 e. The maximum absolute atomic E-state index is 13.5. The van der Waals surface area contributed by atoms with Crippen molar-refractivity contribution in [1.29, 1.82) is 0 Å². The molecule has 0 radical (unpaired) electrons. The average molecular weight is 431 g/mol. The van der Waals surface area contributed by atoms with Gasteiger partial charge >= 0.3 is 0 Å². The second kappa shape index (κ2) is 8.09. The van der Waals surface area contributed by atoms with Crippen LogP contribution in [0.2, 0.25) is 0 Å². The van der Waals surface area contributed by atoms with Crippen molar-refractivity contribution >= 4 is 20.8 Å². The van der Waals surface area contributed by atoms with Crippen LogP contribution in [-0.2, 0) is 10.0 Å². The number of sulfonamides is 1. The molecule has 2 saturated heterocycles. The molecular weight excluding hydrogens is 400 g/mol. The molecule has 0 spiro atoms. The molecule has 2 aromatic carbocycles. The summed E-state index contributed by atoms with van der Waals surface area (Å²) in [7, 11) is -1.95. The quantitative estimate of drug-likeness (QED) is 0.782. The molecule has 1 saturated carbocycles. The van der Waals surface area contributed by atoms with Gasteiger partial charge in [-0.05, 0) is 47.9 Å². The summed E-state index contributed by atoms with van der Waals surface area (Å²) in [4.78, 5) is 5.21. The molecule has 1 unspecified atom stereocenters. The van der Waals surface area contributed by atoms with E-state index in [1.54, 1.807) is 23.5 Å². The Balaban J connectivity index is 1.34. The maximum Gasteiger partial charge on any atom is 0.245 e. The first-order valence-corrected chi connectivity index (χ1v) is 12.3. The van der Waals surface area contributed by atoms with Crippen molar-refractivity contribution < 1.29 is 13.2 Å². The van der Waals surface area contributed by atoms with Crippen molar-refractivity contribution in [2.24, 2.45) is 0 Å². The third kappa shape index (κ3) is 3.61. The molecule has 1 aliphatic carbocycles. The molecule has 5 rings (SSSR count). The van der Waals surface area contributed by atoms with E-state index in [4.69, 9.17) is 4.74 Å². The van der Waals surface area contributed by atoms with Crippen LogP contribution in [0.3, 0.4) is 0 Å². The number of benzene rings is 2. The van der Waals surface area contributed by atoms with Crippen LogP contribution in [0.1, 0.15) is 19.3 Å². The smallest absolute Gasteiger partial charge is 0.245 e. The van der Waals surface area contributed by atoms with Crippen molar-refractivity contribution in [1.82, 2.24) is 19.4 Å². The molecule has 0 amide bonds. The van der Waals surface area contributed by atoms with Gasteiger partial charge in [-0.1, -0.05) is 18.6 Å². The summed E-state index contributed by atoms with van der Waals surface area (Å²) in [5, 5.41) is 5.28. The Morgan fingerprint density at radius 3 is 2.33 bits per heavy atom. The maximum atomic E-state index is 13.5. The Morgan fingerprint density at radius 2 is 1.63 bits per heavy atom. The minimum absolute atomic E-state index is 0.259. The molecular formula is C22H30N4O3S. The summed E-state index contributed by atoms with van der Waals surface area (Å²) < 4.78 is 33.9. The third-order valence-corrected chi connectivity index (χ3v) is 8.69. The number of methoxy groups -OCH3 is 1. The van der Waals surface area contributed by atoms with Crippen molar-refractivity contribution in [3.63, 3.8) is 0 Å². The second-order valence-corrected chi connectivity index (χ2v) is 10.4. The zero-order valence-corrected chi connectivity index (χ0v) is 18.3. The summed E-state index contributed by atoms with van der Waals surface area (Å²) in [6.07, 6.45) is 3.72. The van der Waals surface area contributed by atoms with E-state index in [1.165, 1.54) is 19.3 Å². The number of rotatable bonds is 5. The number of piperazine rings is 1. The predicted molar refractivity (Wildman–Crippen MR) is 117 cm³/mol. The first-order chi connectivity index (χ1) is 14.6. The van der Waals surface area contributed by atoms with Gasteiger partial charge < -0.3 is 4.74 Å². The lowest BCUT2D eigenvalue weighted by Crippen LogP contribution is -2.60. The molecule has 0 bridgehead atoms.